The van der Waals surface area contributed by atoms with Crippen LogP contribution in [0.5, 0.6) is 0 Å². The Kier molecular flexibility index (Phi) is 5.15. The Balaban J connectivity index is 2.12. The molecule has 21 heavy (non-hydrogen) atoms. The Bertz CT molecular complexity index is 661. The van der Waals surface area contributed by atoms with Crippen LogP contribution in [0.4, 0.5) is 0 Å². The number of rotatable bonds is 6. The van der Waals surface area contributed by atoms with Gasteiger partial charge in [-0.05, 0) is 31.0 Å². The van der Waals surface area contributed by atoms with Crippen LogP contribution in [0, 0.1) is 6.92 Å². The van der Waals surface area contributed by atoms with Gasteiger partial charge in [-0.3, -0.25) is 4.18 Å². The highest BCUT2D eigenvalue weighted by Crippen LogP contribution is 2.18. The van der Waals surface area contributed by atoms with Crippen LogP contribution in [0.15, 0.2) is 59.5 Å². The van der Waals surface area contributed by atoms with Crippen molar-refractivity contribution in [3.05, 3.63) is 65.7 Å². The normalized spacial score (nSPS) is 13.0. The summed E-state index contributed by atoms with van der Waals surface area (Å²) in [5, 5.41) is 0. The summed E-state index contributed by atoms with van der Waals surface area (Å²) in [6.07, 6.45) is 0.876. The van der Waals surface area contributed by atoms with Gasteiger partial charge >= 0.3 is 0 Å². The predicted octanol–water partition coefficient (Wildman–Crippen LogP) is 3.72. The molecule has 0 amide bonds. The van der Waals surface area contributed by atoms with Crippen molar-refractivity contribution in [3.63, 3.8) is 0 Å². The highest BCUT2D eigenvalue weighted by molar-refractivity contribution is 7.86. The molecular weight excluding hydrogens is 284 g/mol. The van der Waals surface area contributed by atoms with Crippen LogP contribution in [0.25, 0.3) is 0 Å². The maximum atomic E-state index is 12.3. The third kappa shape index (κ3) is 4.41. The molecule has 0 fully saturated rings. The van der Waals surface area contributed by atoms with Gasteiger partial charge in [0.15, 0.2) is 0 Å². The predicted molar refractivity (Wildman–Crippen MR) is 83.7 cm³/mol. The largest absolute Gasteiger partial charge is 0.297 e. The van der Waals surface area contributed by atoms with E-state index in [1.54, 1.807) is 24.3 Å². The Labute approximate surface area is 126 Å². The van der Waals surface area contributed by atoms with Gasteiger partial charge in [0.1, 0.15) is 0 Å². The first-order valence-corrected chi connectivity index (χ1v) is 8.46. The van der Waals surface area contributed by atoms with Gasteiger partial charge < -0.3 is 0 Å². The van der Waals surface area contributed by atoms with Crippen molar-refractivity contribution in [2.75, 3.05) is 0 Å². The number of hydrogen-bond acceptors (Lipinski definition) is 3. The van der Waals surface area contributed by atoms with Crippen molar-refractivity contribution in [2.24, 2.45) is 0 Å². The first-order chi connectivity index (χ1) is 10.0. The van der Waals surface area contributed by atoms with Crippen molar-refractivity contribution >= 4 is 10.1 Å². The lowest BCUT2D eigenvalue weighted by Gasteiger charge is -2.16. The summed E-state index contributed by atoms with van der Waals surface area (Å²) in [7, 11) is -3.71. The van der Waals surface area contributed by atoms with E-state index in [0.717, 1.165) is 11.1 Å². The van der Waals surface area contributed by atoms with Gasteiger partial charge in [-0.25, -0.2) is 0 Å². The third-order valence-corrected chi connectivity index (χ3v) is 4.71. The van der Waals surface area contributed by atoms with Crippen molar-refractivity contribution in [3.8, 4) is 0 Å². The Morgan fingerprint density at radius 3 is 2.19 bits per heavy atom. The molecule has 0 saturated carbocycles. The Morgan fingerprint density at radius 2 is 1.62 bits per heavy atom. The number of hydrogen-bond donors (Lipinski definition) is 0. The summed E-state index contributed by atoms with van der Waals surface area (Å²) in [6, 6.07) is 16.5. The van der Waals surface area contributed by atoms with Crippen LogP contribution in [-0.4, -0.2) is 14.5 Å². The van der Waals surface area contributed by atoms with Crippen molar-refractivity contribution in [1.29, 1.82) is 0 Å². The van der Waals surface area contributed by atoms with Gasteiger partial charge in [-0.15, -0.1) is 0 Å². The lowest BCUT2D eigenvalue weighted by atomic mass is 10.1. The summed E-state index contributed by atoms with van der Waals surface area (Å²) in [6.45, 7) is 3.85. The molecule has 0 heterocycles. The molecule has 0 aromatic heterocycles. The van der Waals surface area contributed by atoms with Gasteiger partial charge in [0, 0.05) is 6.42 Å². The summed E-state index contributed by atoms with van der Waals surface area (Å²) in [4.78, 5) is 0.208. The lowest BCUT2D eigenvalue weighted by molar-refractivity contribution is 0.205. The second-order valence-corrected chi connectivity index (χ2v) is 6.66. The van der Waals surface area contributed by atoms with Crippen LogP contribution < -0.4 is 0 Å². The van der Waals surface area contributed by atoms with Crippen molar-refractivity contribution in [2.45, 2.75) is 37.7 Å². The molecule has 2 aromatic rings. The quantitative estimate of drug-likeness (QED) is 0.764. The molecule has 0 radical (unpaired) electrons. The van der Waals surface area contributed by atoms with Gasteiger partial charge in [0.2, 0.25) is 0 Å². The molecule has 112 valence electrons. The fourth-order valence-corrected chi connectivity index (χ4v) is 3.21. The summed E-state index contributed by atoms with van der Waals surface area (Å²) in [5.74, 6) is 0. The Morgan fingerprint density at radius 1 is 1.00 bits per heavy atom. The fourth-order valence-electron chi connectivity index (χ4n) is 2.06. The molecule has 4 heteroatoms. The molecule has 0 aliphatic heterocycles. The van der Waals surface area contributed by atoms with E-state index in [-0.39, 0.29) is 11.0 Å². The molecule has 2 rings (SSSR count). The van der Waals surface area contributed by atoms with E-state index in [4.69, 9.17) is 4.18 Å². The molecule has 0 spiro atoms. The fraction of sp³-hybridized carbons (Fsp3) is 0.294. The van der Waals surface area contributed by atoms with Crippen LogP contribution in [0.3, 0.4) is 0 Å². The second-order valence-electron chi connectivity index (χ2n) is 5.08. The van der Waals surface area contributed by atoms with Crippen molar-refractivity contribution < 1.29 is 12.6 Å². The number of aryl methyl sites for hydroxylation is 1. The highest BCUT2D eigenvalue weighted by Gasteiger charge is 2.20. The zero-order valence-corrected chi connectivity index (χ0v) is 13.1. The van der Waals surface area contributed by atoms with Gasteiger partial charge in [0.05, 0.1) is 11.0 Å². The minimum atomic E-state index is -3.71. The second kappa shape index (κ2) is 6.87. The summed E-state index contributed by atoms with van der Waals surface area (Å²) < 4.78 is 30.0. The minimum Gasteiger partial charge on any atom is -0.263 e. The molecule has 2 aromatic carbocycles. The SMILES string of the molecule is CCC(Cc1ccccc1)OS(=O)(=O)c1ccc(C)cc1. The standard InChI is InChI=1S/C17H20O3S/c1-3-16(13-15-7-5-4-6-8-15)20-21(18,19)17-11-9-14(2)10-12-17/h4-12,16H,3,13H2,1-2H3. The highest BCUT2D eigenvalue weighted by atomic mass is 32.2. The lowest BCUT2D eigenvalue weighted by Crippen LogP contribution is -2.20. The molecule has 0 bridgehead atoms. The smallest absolute Gasteiger partial charge is 0.263 e. The average Bonchev–Trinajstić information content (AvgIpc) is 2.48. The van der Waals surface area contributed by atoms with Crippen LogP contribution in [0.1, 0.15) is 24.5 Å². The van der Waals surface area contributed by atoms with E-state index in [0.29, 0.717) is 12.8 Å². The summed E-state index contributed by atoms with van der Waals surface area (Å²) >= 11 is 0. The van der Waals surface area contributed by atoms with E-state index in [1.165, 1.54) is 0 Å². The molecule has 0 aliphatic carbocycles. The monoisotopic (exact) mass is 304 g/mol. The third-order valence-electron chi connectivity index (χ3n) is 3.33. The van der Waals surface area contributed by atoms with Gasteiger partial charge in [-0.1, -0.05) is 55.0 Å². The molecule has 0 N–H and O–H groups in total. The molecule has 1 atom stereocenters. The molecular formula is C17H20O3S. The van der Waals surface area contributed by atoms with Gasteiger partial charge in [0.25, 0.3) is 10.1 Å². The van der Waals surface area contributed by atoms with E-state index in [9.17, 15) is 8.42 Å². The minimum absolute atomic E-state index is 0.208. The van der Waals surface area contributed by atoms with Crippen LogP contribution >= 0.6 is 0 Å². The van der Waals surface area contributed by atoms with E-state index in [1.807, 2.05) is 44.2 Å². The molecule has 0 aliphatic rings. The topological polar surface area (TPSA) is 43.4 Å². The summed E-state index contributed by atoms with van der Waals surface area (Å²) in [5.41, 5.74) is 2.09. The first kappa shape index (κ1) is 15.7. The van der Waals surface area contributed by atoms with E-state index >= 15 is 0 Å². The van der Waals surface area contributed by atoms with Gasteiger partial charge in [-0.2, -0.15) is 8.42 Å². The molecule has 0 saturated heterocycles. The van der Waals surface area contributed by atoms with E-state index in [2.05, 4.69) is 0 Å². The van der Waals surface area contributed by atoms with Crippen LogP contribution in [-0.2, 0) is 20.7 Å². The maximum Gasteiger partial charge on any atom is 0.297 e. The zero-order valence-electron chi connectivity index (χ0n) is 12.3. The first-order valence-electron chi connectivity index (χ1n) is 7.05. The average molecular weight is 304 g/mol. The molecule has 1 unspecified atom stereocenters. The zero-order chi connectivity index (χ0) is 15.3. The van der Waals surface area contributed by atoms with E-state index < -0.39 is 10.1 Å². The molecule has 3 nitrogen and oxygen atoms in total. The van der Waals surface area contributed by atoms with Crippen LogP contribution in [0.2, 0.25) is 0 Å². The Hall–Kier alpha value is -1.65. The maximum absolute atomic E-state index is 12.3. The van der Waals surface area contributed by atoms with Crippen molar-refractivity contribution in [1.82, 2.24) is 0 Å². The number of benzene rings is 2.